The van der Waals surface area contributed by atoms with E-state index in [2.05, 4.69) is 16.3 Å². The van der Waals surface area contributed by atoms with Gasteiger partial charge in [-0.2, -0.15) is 5.26 Å². The van der Waals surface area contributed by atoms with E-state index >= 15 is 0 Å². The summed E-state index contributed by atoms with van der Waals surface area (Å²) in [6.07, 6.45) is 4.93. The van der Waals surface area contributed by atoms with E-state index in [4.69, 9.17) is 11.6 Å². The van der Waals surface area contributed by atoms with Crippen LogP contribution in [0, 0.1) is 17.2 Å². The normalized spacial score (nSPS) is 19.6. The summed E-state index contributed by atoms with van der Waals surface area (Å²) < 4.78 is 0. The van der Waals surface area contributed by atoms with E-state index in [9.17, 15) is 5.26 Å². The first kappa shape index (κ1) is 13.7. The molecule has 0 spiro atoms. The minimum Gasteiger partial charge on any atom is -0.367 e. The van der Waals surface area contributed by atoms with Crippen molar-refractivity contribution < 1.29 is 0 Å². The van der Waals surface area contributed by atoms with Crippen molar-refractivity contribution in [2.24, 2.45) is 5.92 Å². The van der Waals surface area contributed by atoms with Crippen LogP contribution in [-0.4, -0.2) is 25.7 Å². The summed E-state index contributed by atoms with van der Waals surface area (Å²) in [7, 11) is 0. The number of anilines is 1. The van der Waals surface area contributed by atoms with Crippen molar-refractivity contribution in [3.05, 3.63) is 28.8 Å². The molecule has 1 aromatic rings. The first-order valence-electron chi connectivity index (χ1n) is 7.45. The predicted octanol–water partition coefficient (Wildman–Crippen LogP) is 3.18. The van der Waals surface area contributed by atoms with Gasteiger partial charge in [-0.3, -0.25) is 0 Å². The minimum atomic E-state index is 0.570. The first-order valence-corrected chi connectivity index (χ1v) is 7.83. The molecule has 2 fully saturated rings. The molecule has 1 heterocycles. The molecule has 1 aliphatic carbocycles. The van der Waals surface area contributed by atoms with Crippen molar-refractivity contribution in [1.82, 2.24) is 5.32 Å². The number of hydrogen-bond donors (Lipinski definition) is 1. The lowest BCUT2D eigenvalue weighted by molar-refractivity contribution is 0.372. The molecule has 4 heteroatoms. The summed E-state index contributed by atoms with van der Waals surface area (Å²) in [6.45, 7) is 3.29. The number of halogens is 1. The number of piperidine rings is 1. The molecule has 0 aromatic heterocycles. The second-order valence-electron chi connectivity index (χ2n) is 5.82. The maximum Gasteiger partial charge on any atom is 0.103 e. The average molecular weight is 290 g/mol. The molecule has 0 amide bonds. The SMILES string of the molecule is N#Cc1c(Cl)cccc1N(CC1CCNCC1)C1CC1. The van der Waals surface area contributed by atoms with Gasteiger partial charge >= 0.3 is 0 Å². The third-order valence-electron chi connectivity index (χ3n) is 4.31. The molecule has 1 N–H and O–H groups in total. The molecule has 0 atom stereocenters. The minimum absolute atomic E-state index is 0.570. The molecule has 3 rings (SSSR count). The van der Waals surface area contributed by atoms with Gasteiger partial charge in [0.1, 0.15) is 6.07 Å². The fourth-order valence-electron chi connectivity index (χ4n) is 3.04. The number of hydrogen-bond acceptors (Lipinski definition) is 3. The van der Waals surface area contributed by atoms with Gasteiger partial charge in [0.25, 0.3) is 0 Å². The van der Waals surface area contributed by atoms with Gasteiger partial charge in [-0.1, -0.05) is 17.7 Å². The van der Waals surface area contributed by atoms with Crippen LogP contribution >= 0.6 is 11.6 Å². The van der Waals surface area contributed by atoms with Crippen LogP contribution in [0.5, 0.6) is 0 Å². The zero-order valence-corrected chi connectivity index (χ0v) is 12.4. The monoisotopic (exact) mass is 289 g/mol. The molecule has 2 aliphatic rings. The summed E-state index contributed by atoms with van der Waals surface area (Å²) in [4.78, 5) is 2.43. The molecule has 20 heavy (non-hydrogen) atoms. The van der Waals surface area contributed by atoms with E-state index in [0.29, 0.717) is 16.6 Å². The maximum atomic E-state index is 9.39. The van der Waals surface area contributed by atoms with E-state index in [0.717, 1.165) is 31.2 Å². The Morgan fingerprint density at radius 1 is 1.25 bits per heavy atom. The van der Waals surface area contributed by atoms with Gasteiger partial charge in [0.15, 0.2) is 0 Å². The fraction of sp³-hybridized carbons (Fsp3) is 0.562. The van der Waals surface area contributed by atoms with Gasteiger partial charge < -0.3 is 10.2 Å². The van der Waals surface area contributed by atoms with Crippen LogP contribution in [0.2, 0.25) is 5.02 Å². The van der Waals surface area contributed by atoms with Crippen LogP contribution in [0.15, 0.2) is 18.2 Å². The fourth-order valence-corrected chi connectivity index (χ4v) is 3.25. The van der Waals surface area contributed by atoms with Crippen LogP contribution in [0.1, 0.15) is 31.2 Å². The molecule has 0 unspecified atom stereocenters. The summed E-state index contributed by atoms with van der Waals surface area (Å²) in [5.74, 6) is 0.724. The quantitative estimate of drug-likeness (QED) is 0.925. The standard InChI is InChI=1S/C16H20ClN3/c17-15-2-1-3-16(14(15)10-18)20(13-4-5-13)11-12-6-8-19-9-7-12/h1-3,12-13,19H,4-9,11H2. The molecule has 106 valence electrons. The number of nitrogens with zero attached hydrogens (tertiary/aromatic N) is 2. The third-order valence-corrected chi connectivity index (χ3v) is 4.63. The third kappa shape index (κ3) is 2.92. The molecule has 1 saturated carbocycles. The lowest BCUT2D eigenvalue weighted by Crippen LogP contribution is -2.37. The number of nitriles is 1. The molecule has 1 aliphatic heterocycles. The van der Waals surface area contributed by atoms with Crippen LogP contribution in [0.4, 0.5) is 5.69 Å². The zero-order chi connectivity index (χ0) is 13.9. The average Bonchev–Trinajstić information content (AvgIpc) is 3.30. The Kier molecular flexibility index (Phi) is 4.14. The Balaban J connectivity index is 1.83. The highest BCUT2D eigenvalue weighted by Crippen LogP contribution is 2.36. The lowest BCUT2D eigenvalue weighted by Gasteiger charge is -2.32. The van der Waals surface area contributed by atoms with Gasteiger partial charge in [-0.15, -0.1) is 0 Å². The van der Waals surface area contributed by atoms with E-state index in [1.54, 1.807) is 6.07 Å². The van der Waals surface area contributed by atoms with Gasteiger partial charge in [0.05, 0.1) is 16.3 Å². The summed E-state index contributed by atoms with van der Waals surface area (Å²) in [5, 5.41) is 13.4. The number of rotatable bonds is 4. The van der Waals surface area contributed by atoms with Gasteiger partial charge in [0, 0.05) is 12.6 Å². The Bertz CT molecular complexity index is 513. The molecule has 3 nitrogen and oxygen atoms in total. The Morgan fingerprint density at radius 2 is 2.00 bits per heavy atom. The van der Waals surface area contributed by atoms with Crippen LogP contribution in [-0.2, 0) is 0 Å². The lowest BCUT2D eigenvalue weighted by atomic mass is 9.97. The summed E-state index contributed by atoms with van der Waals surface area (Å²) >= 11 is 6.18. The predicted molar refractivity (Wildman–Crippen MR) is 82.1 cm³/mol. The zero-order valence-electron chi connectivity index (χ0n) is 11.6. The molecular weight excluding hydrogens is 270 g/mol. The molecule has 0 radical (unpaired) electrons. The van der Waals surface area contributed by atoms with Crippen molar-refractivity contribution >= 4 is 17.3 Å². The highest BCUT2D eigenvalue weighted by atomic mass is 35.5. The summed E-state index contributed by atoms with van der Waals surface area (Å²) in [5.41, 5.74) is 1.66. The van der Waals surface area contributed by atoms with Crippen molar-refractivity contribution in [2.45, 2.75) is 31.7 Å². The molecule has 1 saturated heterocycles. The number of nitrogens with one attached hydrogen (secondary N) is 1. The van der Waals surface area contributed by atoms with Crippen LogP contribution in [0.3, 0.4) is 0 Å². The van der Waals surface area contributed by atoms with E-state index in [1.165, 1.54) is 25.7 Å². The number of benzene rings is 1. The van der Waals surface area contributed by atoms with Crippen LogP contribution in [0.25, 0.3) is 0 Å². The first-order chi connectivity index (χ1) is 9.79. The van der Waals surface area contributed by atoms with E-state index in [-0.39, 0.29) is 0 Å². The molecule has 0 bridgehead atoms. The van der Waals surface area contributed by atoms with E-state index < -0.39 is 0 Å². The Labute approximate surface area is 125 Å². The second-order valence-corrected chi connectivity index (χ2v) is 6.23. The van der Waals surface area contributed by atoms with E-state index in [1.807, 2.05) is 12.1 Å². The second kappa shape index (κ2) is 6.03. The smallest absolute Gasteiger partial charge is 0.103 e. The Morgan fingerprint density at radius 3 is 2.65 bits per heavy atom. The van der Waals surface area contributed by atoms with Gasteiger partial charge in [-0.05, 0) is 56.8 Å². The topological polar surface area (TPSA) is 39.1 Å². The highest BCUT2D eigenvalue weighted by molar-refractivity contribution is 6.32. The van der Waals surface area contributed by atoms with Crippen molar-refractivity contribution in [3.8, 4) is 6.07 Å². The highest BCUT2D eigenvalue weighted by Gasteiger charge is 2.32. The van der Waals surface area contributed by atoms with Crippen molar-refractivity contribution in [2.75, 3.05) is 24.5 Å². The molecular formula is C16H20ClN3. The maximum absolute atomic E-state index is 9.39. The van der Waals surface area contributed by atoms with Crippen molar-refractivity contribution in [3.63, 3.8) is 0 Å². The van der Waals surface area contributed by atoms with Crippen molar-refractivity contribution in [1.29, 1.82) is 5.26 Å². The molecule has 1 aromatic carbocycles. The Hall–Kier alpha value is -1.24. The van der Waals surface area contributed by atoms with Gasteiger partial charge in [0.2, 0.25) is 0 Å². The van der Waals surface area contributed by atoms with Crippen LogP contribution < -0.4 is 10.2 Å². The van der Waals surface area contributed by atoms with Gasteiger partial charge in [-0.25, -0.2) is 0 Å². The largest absolute Gasteiger partial charge is 0.367 e. The summed E-state index contributed by atoms with van der Waals surface area (Å²) in [6, 6.07) is 8.69.